The Labute approximate surface area is 192 Å². The maximum atomic E-state index is 12.5. The third kappa shape index (κ3) is 9.63. The highest BCUT2D eigenvalue weighted by Crippen LogP contribution is 2.22. The van der Waals surface area contributed by atoms with Crippen molar-refractivity contribution in [3.05, 3.63) is 35.9 Å². The maximum Gasteiger partial charge on any atom is 0.225 e. The molecule has 0 aromatic heterocycles. The van der Waals surface area contributed by atoms with Gasteiger partial charge in [0.15, 0.2) is 0 Å². The van der Waals surface area contributed by atoms with Gasteiger partial charge in [-0.1, -0.05) is 32.9 Å². The van der Waals surface area contributed by atoms with Gasteiger partial charge >= 0.3 is 0 Å². The first-order valence-electron chi connectivity index (χ1n) is 11.2. The van der Waals surface area contributed by atoms with Crippen LogP contribution >= 0.6 is 0 Å². The van der Waals surface area contributed by atoms with Gasteiger partial charge in [-0.15, -0.1) is 0 Å². The average Bonchev–Trinajstić information content (AvgIpc) is 2.75. The van der Waals surface area contributed by atoms with E-state index in [2.05, 4.69) is 16.7 Å². The molecule has 7 heteroatoms. The van der Waals surface area contributed by atoms with Crippen LogP contribution in [0.4, 0.5) is 5.69 Å². The minimum absolute atomic E-state index is 0.0557. The predicted octanol–water partition coefficient (Wildman–Crippen LogP) is 4.01. The van der Waals surface area contributed by atoms with Crippen LogP contribution in [-0.4, -0.2) is 37.1 Å². The maximum absolute atomic E-state index is 12.5. The number of hydrogen-bond acceptors (Lipinski definition) is 5. The van der Waals surface area contributed by atoms with Crippen LogP contribution in [0.5, 0.6) is 0 Å². The van der Waals surface area contributed by atoms with Gasteiger partial charge in [0.1, 0.15) is 0 Å². The third-order valence-corrected chi connectivity index (χ3v) is 5.35. The van der Waals surface area contributed by atoms with Crippen LogP contribution in [0.15, 0.2) is 30.3 Å². The number of nitriles is 1. The fraction of sp³-hybridized carbons (Fsp3) is 0.560. The molecule has 0 unspecified atom stereocenters. The Morgan fingerprint density at radius 1 is 1.19 bits per heavy atom. The van der Waals surface area contributed by atoms with E-state index in [1.807, 2.05) is 58.9 Å². The summed E-state index contributed by atoms with van der Waals surface area (Å²) in [5, 5.41) is 14.6. The summed E-state index contributed by atoms with van der Waals surface area (Å²) in [5.74, 6) is -0.160. The zero-order valence-corrected chi connectivity index (χ0v) is 20.1. The SMILES string of the molecule is CC/C(=C\C#N)c1ccc(NC(=O)CCCNC(=O)C(C)(C)CCOC(C)(C)CN)cc1. The number of nitrogens with one attached hydrogen (secondary N) is 2. The fourth-order valence-corrected chi connectivity index (χ4v) is 2.90. The molecule has 0 spiro atoms. The lowest BCUT2D eigenvalue weighted by Crippen LogP contribution is -2.40. The molecule has 7 nitrogen and oxygen atoms in total. The topological polar surface area (TPSA) is 117 Å². The third-order valence-electron chi connectivity index (χ3n) is 5.35. The molecule has 0 aliphatic rings. The second-order valence-corrected chi connectivity index (χ2v) is 9.08. The van der Waals surface area contributed by atoms with Gasteiger partial charge in [-0.2, -0.15) is 5.26 Å². The van der Waals surface area contributed by atoms with E-state index in [0.29, 0.717) is 44.6 Å². The smallest absolute Gasteiger partial charge is 0.225 e. The highest BCUT2D eigenvalue weighted by Gasteiger charge is 2.28. The first kappa shape index (κ1) is 27.3. The van der Waals surface area contributed by atoms with Crippen molar-refractivity contribution in [3.63, 3.8) is 0 Å². The Morgan fingerprint density at radius 3 is 2.41 bits per heavy atom. The van der Waals surface area contributed by atoms with Crippen LogP contribution in [0, 0.1) is 16.7 Å². The number of rotatable bonds is 13. The number of amides is 2. The molecule has 1 aromatic carbocycles. The number of ether oxygens (including phenoxy) is 1. The zero-order valence-electron chi connectivity index (χ0n) is 20.1. The highest BCUT2D eigenvalue weighted by atomic mass is 16.5. The molecule has 2 amide bonds. The Morgan fingerprint density at radius 2 is 1.84 bits per heavy atom. The Balaban J connectivity index is 2.38. The van der Waals surface area contributed by atoms with Crippen molar-refractivity contribution in [3.8, 4) is 6.07 Å². The van der Waals surface area contributed by atoms with Gasteiger partial charge in [0, 0.05) is 43.3 Å². The second kappa shape index (κ2) is 13.0. The number of hydrogen-bond donors (Lipinski definition) is 3. The van der Waals surface area contributed by atoms with E-state index < -0.39 is 11.0 Å². The van der Waals surface area contributed by atoms with Crippen molar-refractivity contribution in [1.82, 2.24) is 5.32 Å². The largest absolute Gasteiger partial charge is 0.374 e. The van der Waals surface area contributed by atoms with Crippen LogP contribution in [0.1, 0.15) is 65.9 Å². The molecule has 0 fully saturated rings. The summed E-state index contributed by atoms with van der Waals surface area (Å²) in [7, 11) is 0. The van der Waals surface area contributed by atoms with E-state index in [-0.39, 0.29) is 11.8 Å². The Hall–Kier alpha value is -2.69. The van der Waals surface area contributed by atoms with Crippen molar-refractivity contribution >= 4 is 23.1 Å². The number of benzene rings is 1. The predicted molar refractivity (Wildman–Crippen MR) is 129 cm³/mol. The molecular formula is C25H38N4O3. The van der Waals surface area contributed by atoms with E-state index in [0.717, 1.165) is 17.6 Å². The molecule has 0 atom stereocenters. The lowest BCUT2D eigenvalue weighted by atomic mass is 9.88. The molecule has 1 rings (SSSR count). The minimum Gasteiger partial charge on any atom is -0.374 e. The summed E-state index contributed by atoms with van der Waals surface area (Å²) >= 11 is 0. The number of nitrogens with zero attached hydrogens (tertiary/aromatic N) is 1. The molecule has 1 aromatic rings. The summed E-state index contributed by atoms with van der Waals surface area (Å²) < 4.78 is 5.74. The van der Waals surface area contributed by atoms with E-state index in [9.17, 15) is 9.59 Å². The zero-order chi connectivity index (χ0) is 24.2. The molecule has 0 aliphatic carbocycles. The lowest BCUT2D eigenvalue weighted by molar-refractivity contribution is -0.131. The van der Waals surface area contributed by atoms with Crippen LogP contribution in [0.25, 0.3) is 5.57 Å². The average molecular weight is 443 g/mol. The number of allylic oxidation sites excluding steroid dienone is 2. The van der Waals surface area contributed by atoms with Crippen molar-refractivity contribution in [2.75, 3.05) is 25.0 Å². The van der Waals surface area contributed by atoms with Crippen LogP contribution in [0.3, 0.4) is 0 Å². The van der Waals surface area contributed by atoms with Gasteiger partial charge in [0.2, 0.25) is 11.8 Å². The molecular weight excluding hydrogens is 404 g/mol. The van der Waals surface area contributed by atoms with E-state index in [1.165, 1.54) is 6.08 Å². The monoisotopic (exact) mass is 442 g/mol. The van der Waals surface area contributed by atoms with E-state index >= 15 is 0 Å². The van der Waals surface area contributed by atoms with Gasteiger partial charge in [-0.25, -0.2) is 0 Å². The lowest BCUT2D eigenvalue weighted by Gasteiger charge is -2.28. The summed E-state index contributed by atoms with van der Waals surface area (Å²) in [5.41, 5.74) is 7.32. The standard InChI is InChI=1S/C25H38N4O3/c1-6-19(13-15-26)20-9-11-21(12-10-20)29-22(30)8-7-16-28-23(31)24(2,3)14-17-32-25(4,5)18-27/h9-13H,6-8,14,16-18,27H2,1-5H3,(H,28,31)(H,29,30)/b19-13+. The molecule has 32 heavy (non-hydrogen) atoms. The van der Waals surface area contributed by atoms with Crippen LogP contribution in [-0.2, 0) is 14.3 Å². The fourth-order valence-electron chi connectivity index (χ4n) is 2.90. The molecule has 0 radical (unpaired) electrons. The van der Waals surface area contributed by atoms with Gasteiger partial charge < -0.3 is 21.1 Å². The highest BCUT2D eigenvalue weighted by molar-refractivity contribution is 5.91. The molecule has 0 saturated carbocycles. The first-order valence-corrected chi connectivity index (χ1v) is 11.2. The molecule has 176 valence electrons. The van der Waals surface area contributed by atoms with Gasteiger partial charge in [-0.3, -0.25) is 9.59 Å². The number of carbonyl (C=O) groups is 2. The molecule has 4 N–H and O–H groups in total. The van der Waals surface area contributed by atoms with E-state index in [4.69, 9.17) is 15.7 Å². The van der Waals surface area contributed by atoms with Crippen molar-refractivity contribution in [2.24, 2.45) is 11.1 Å². The quantitative estimate of drug-likeness (QED) is 0.315. The van der Waals surface area contributed by atoms with Gasteiger partial charge in [-0.05, 0) is 56.4 Å². The van der Waals surface area contributed by atoms with Crippen molar-refractivity contribution in [2.45, 2.75) is 65.9 Å². The first-order chi connectivity index (χ1) is 15.0. The number of carbonyl (C=O) groups excluding carboxylic acids is 2. The molecule has 0 heterocycles. The van der Waals surface area contributed by atoms with Crippen molar-refractivity contribution in [1.29, 1.82) is 5.26 Å². The Bertz CT molecular complexity index is 821. The minimum atomic E-state index is -0.563. The molecule has 0 aliphatic heterocycles. The summed E-state index contributed by atoms with van der Waals surface area (Å²) in [4.78, 5) is 24.7. The van der Waals surface area contributed by atoms with Crippen LogP contribution < -0.4 is 16.4 Å². The summed E-state index contributed by atoms with van der Waals surface area (Å²) in [6.45, 7) is 10.9. The second-order valence-electron chi connectivity index (χ2n) is 9.08. The van der Waals surface area contributed by atoms with Crippen molar-refractivity contribution < 1.29 is 14.3 Å². The Kier molecular flexibility index (Phi) is 11.1. The normalized spacial score (nSPS) is 12.2. The number of anilines is 1. The molecule has 0 saturated heterocycles. The van der Waals surface area contributed by atoms with Gasteiger partial charge in [0.05, 0.1) is 11.7 Å². The number of nitrogens with two attached hydrogens (primary N) is 1. The summed E-state index contributed by atoms with van der Waals surface area (Å²) in [6.07, 6.45) is 3.75. The summed E-state index contributed by atoms with van der Waals surface area (Å²) in [6, 6.07) is 9.49. The molecule has 0 bridgehead atoms. The van der Waals surface area contributed by atoms with E-state index in [1.54, 1.807) is 0 Å². The van der Waals surface area contributed by atoms with Crippen LogP contribution in [0.2, 0.25) is 0 Å². The van der Waals surface area contributed by atoms with Gasteiger partial charge in [0.25, 0.3) is 0 Å².